The standard InChI is InChI=1S/C15H20FN3O3/c1-17-15(21)12-9-19(8-7-18(12)2)14(20)10-22-13-6-4-3-5-11(13)16/h3-6,12H,7-10H2,1-2H3,(H,17,21)/t12-/m1/s1. The molecular weight excluding hydrogens is 289 g/mol. The highest BCUT2D eigenvalue weighted by molar-refractivity contribution is 5.84. The zero-order valence-corrected chi connectivity index (χ0v) is 12.7. The van der Waals surface area contributed by atoms with Crippen molar-refractivity contribution in [1.29, 1.82) is 0 Å². The van der Waals surface area contributed by atoms with Crippen LogP contribution in [0.15, 0.2) is 24.3 Å². The Hall–Kier alpha value is -2.15. The van der Waals surface area contributed by atoms with Crippen LogP contribution in [0.3, 0.4) is 0 Å². The van der Waals surface area contributed by atoms with Crippen LogP contribution in [0, 0.1) is 5.82 Å². The van der Waals surface area contributed by atoms with Crippen molar-refractivity contribution in [2.24, 2.45) is 0 Å². The van der Waals surface area contributed by atoms with Gasteiger partial charge in [0.15, 0.2) is 18.2 Å². The molecular formula is C15H20FN3O3. The number of para-hydroxylation sites is 1. The summed E-state index contributed by atoms with van der Waals surface area (Å²) in [5.41, 5.74) is 0. The second kappa shape index (κ2) is 7.22. The summed E-state index contributed by atoms with van der Waals surface area (Å²) in [6.07, 6.45) is 0. The number of rotatable bonds is 4. The summed E-state index contributed by atoms with van der Waals surface area (Å²) in [5, 5.41) is 2.59. The van der Waals surface area contributed by atoms with E-state index in [1.54, 1.807) is 24.1 Å². The third kappa shape index (κ3) is 3.73. The van der Waals surface area contributed by atoms with Crippen LogP contribution in [-0.4, -0.2) is 68.0 Å². The van der Waals surface area contributed by atoms with E-state index in [2.05, 4.69) is 5.32 Å². The maximum absolute atomic E-state index is 13.4. The Bertz CT molecular complexity index is 553. The van der Waals surface area contributed by atoms with Crippen LogP contribution in [0.4, 0.5) is 4.39 Å². The van der Waals surface area contributed by atoms with Crippen molar-refractivity contribution < 1.29 is 18.7 Å². The summed E-state index contributed by atoms with van der Waals surface area (Å²) >= 11 is 0. The second-order valence-corrected chi connectivity index (χ2v) is 5.17. The van der Waals surface area contributed by atoms with Crippen molar-refractivity contribution in [2.75, 3.05) is 40.3 Å². The summed E-state index contributed by atoms with van der Waals surface area (Å²) < 4.78 is 18.7. The van der Waals surface area contributed by atoms with Crippen molar-refractivity contribution in [3.8, 4) is 5.75 Å². The average molecular weight is 309 g/mol. The molecule has 0 bridgehead atoms. The third-order valence-corrected chi connectivity index (χ3v) is 3.74. The largest absolute Gasteiger partial charge is 0.481 e. The van der Waals surface area contributed by atoms with E-state index < -0.39 is 5.82 Å². The molecule has 1 N–H and O–H groups in total. The first-order valence-electron chi connectivity index (χ1n) is 7.10. The van der Waals surface area contributed by atoms with Crippen LogP contribution in [0.5, 0.6) is 5.75 Å². The van der Waals surface area contributed by atoms with E-state index in [0.29, 0.717) is 19.6 Å². The van der Waals surface area contributed by atoms with E-state index >= 15 is 0 Å². The molecule has 22 heavy (non-hydrogen) atoms. The summed E-state index contributed by atoms with van der Waals surface area (Å²) in [6.45, 7) is 1.17. The van der Waals surface area contributed by atoms with E-state index in [9.17, 15) is 14.0 Å². The molecule has 1 atom stereocenters. The van der Waals surface area contributed by atoms with E-state index in [4.69, 9.17) is 4.74 Å². The molecule has 1 saturated heterocycles. The number of amides is 2. The van der Waals surface area contributed by atoms with Crippen LogP contribution in [0.1, 0.15) is 0 Å². The first kappa shape index (κ1) is 16.2. The average Bonchev–Trinajstić information content (AvgIpc) is 2.53. The van der Waals surface area contributed by atoms with Gasteiger partial charge in [-0.2, -0.15) is 0 Å². The lowest BCUT2D eigenvalue weighted by Gasteiger charge is -2.38. The van der Waals surface area contributed by atoms with Crippen LogP contribution >= 0.6 is 0 Å². The number of likely N-dealkylation sites (N-methyl/N-ethyl adjacent to an activating group) is 2. The molecule has 1 aliphatic heterocycles. The lowest BCUT2D eigenvalue weighted by atomic mass is 10.1. The maximum atomic E-state index is 13.4. The number of hydrogen-bond acceptors (Lipinski definition) is 4. The summed E-state index contributed by atoms with van der Waals surface area (Å²) in [6, 6.07) is 5.56. The zero-order valence-electron chi connectivity index (χ0n) is 12.7. The van der Waals surface area contributed by atoms with Gasteiger partial charge in [-0.3, -0.25) is 14.5 Å². The minimum Gasteiger partial charge on any atom is -0.481 e. The van der Waals surface area contributed by atoms with Gasteiger partial charge in [-0.05, 0) is 19.2 Å². The Morgan fingerprint density at radius 2 is 2.09 bits per heavy atom. The quantitative estimate of drug-likeness (QED) is 0.856. The van der Waals surface area contributed by atoms with Gasteiger partial charge in [0.1, 0.15) is 6.04 Å². The number of nitrogens with one attached hydrogen (secondary N) is 1. The molecule has 6 nitrogen and oxygen atoms in total. The van der Waals surface area contributed by atoms with Gasteiger partial charge in [-0.25, -0.2) is 4.39 Å². The van der Waals surface area contributed by atoms with Crippen LogP contribution in [0.2, 0.25) is 0 Å². The van der Waals surface area contributed by atoms with Crippen molar-refractivity contribution in [1.82, 2.24) is 15.1 Å². The van der Waals surface area contributed by atoms with Crippen molar-refractivity contribution in [2.45, 2.75) is 6.04 Å². The minimum atomic E-state index is -0.503. The number of carbonyl (C=O) groups is 2. The van der Waals surface area contributed by atoms with Crippen molar-refractivity contribution in [3.63, 3.8) is 0 Å². The highest BCUT2D eigenvalue weighted by Gasteiger charge is 2.31. The van der Waals surface area contributed by atoms with Crippen LogP contribution in [-0.2, 0) is 9.59 Å². The van der Waals surface area contributed by atoms with E-state index in [-0.39, 0.29) is 30.2 Å². The number of nitrogens with zero attached hydrogens (tertiary/aromatic N) is 2. The SMILES string of the molecule is CNC(=O)[C@H]1CN(C(=O)COc2ccccc2F)CCN1C. The van der Waals surface area contributed by atoms with Gasteiger partial charge in [0.25, 0.3) is 5.91 Å². The molecule has 0 saturated carbocycles. The van der Waals surface area contributed by atoms with Gasteiger partial charge < -0.3 is 15.0 Å². The van der Waals surface area contributed by atoms with Gasteiger partial charge in [0, 0.05) is 26.7 Å². The molecule has 0 unspecified atom stereocenters. The Balaban J connectivity index is 1.92. The summed E-state index contributed by atoms with van der Waals surface area (Å²) in [4.78, 5) is 27.4. The van der Waals surface area contributed by atoms with Crippen molar-refractivity contribution >= 4 is 11.8 Å². The molecule has 0 spiro atoms. The maximum Gasteiger partial charge on any atom is 0.260 e. The molecule has 0 aliphatic carbocycles. The molecule has 0 radical (unpaired) electrons. The summed E-state index contributed by atoms with van der Waals surface area (Å²) in [7, 11) is 3.41. The number of halogens is 1. The molecule has 2 rings (SSSR count). The topological polar surface area (TPSA) is 61.9 Å². The first-order chi connectivity index (χ1) is 10.5. The fourth-order valence-corrected chi connectivity index (χ4v) is 2.34. The fourth-order valence-electron chi connectivity index (χ4n) is 2.34. The number of ether oxygens (including phenoxy) is 1. The Kier molecular flexibility index (Phi) is 5.32. The van der Waals surface area contributed by atoms with E-state index in [1.807, 2.05) is 11.9 Å². The zero-order chi connectivity index (χ0) is 16.1. The Morgan fingerprint density at radius 1 is 1.36 bits per heavy atom. The van der Waals surface area contributed by atoms with Crippen LogP contribution < -0.4 is 10.1 Å². The van der Waals surface area contributed by atoms with E-state index in [1.165, 1.54) is 12.1 Å². The Morgan fingerprint density at radius 3 is 2.77 bits per heavy atom. The lowest BCUT2D eigenvalue weighted by molar-refractivity contribution is -0.139. The summed E-state index contributed by atoms with van der Waals surface area (Å²) in [5.74, 6) is -0.843. The van der Waals surface area contributed by atoms with Crippen LogP contribution in [0.25, 0.3) is 0 Å². The minimum absolute atomic E-state index is 0.0489. The number of hydrogen-bond donors (Lipinski definition) is 1. The molecule has 1 aromatic rings. The van der Waals surface area contributed by atoms with E-state index in [0.717, 1.165) is 0 Å². The number of benzene rings is 1. The lowest BCUT2D eigenvalue weighted by Crippen LogP contribution is -2.58. The number of piperazine rings is 1. The second-order valence-electron chi connectivity index (χ2n) is 5.17. The Labute approximate surface area is 128 Å². The molecule has 1 aromatic carbocycles. The molecule has 7 heteroatoms. The molecule has 1 aliphatic rings. The molecule has 120 valence electrons. The first-order valence-corrected chi connectivity index (χ1v) is 7.10. The van der Waals surface area contributed by atoms with Gasteiger partial charge in [0.05, 0.1) is 0 Å². The molecule has 0 aromatic heterocycles. The monoisotopic (exact) mass is 309 g/mol. The third-order valence-electron chi connectivity index (χ3n) is 3.74. The highest BCUT2D eigenvalue weighted by atomic mass is 19.1. The molecule has 2 amide bonds. The fraction of sp³-hybridized carbons (Fsp3) is 0.467. The van der Waals surface area contributed by atoms with Gasteiger partial charge in [-0.15, -0.1) is 0 Å². The van der Waals surface area contributed by atoms with Gasteiger partial charge in [-0.1, -0.05) is 12.1 Å². The predicted octanol–water partition coefficient (Wildman–Crippen LogP) is 0.0931. The molecule has 1 heterocycles. The predicted molar refractivity (Wildman–Crippen MR) is 79.0 cm³/mol. The smallest absolute Gasteiger partial charge is 0.260 e. The van der Waals surface area contributed by atoms with Crippen molar-refractivity contribution in [3.05, 3.63) is 30.1 Å². The molecule has 1 fully saturated rings. The van der Waals surface area contributed by atoms with Gasteiger partial charge in [0.2, 0.25) is 5.91 Å². The number of carbonyl (C=O) groups excluding carboxylic acids is 2. The van der Waals surface area contributed by atoms with Gasteiger partial charge >= 0.3 is 0 Å². The normalized spacial score (nSPS) is 18.9. The highest BCUT2D eigenvalue weighted by Crippen LogP contribution is 2.16.